The minimum Gasteiger partial charge on any atom is -0.480 e. The third-order valence-electron chi connectivity index (χ3n) is 3.04. The van der Waals surface area contributed by atoms with Crippen LogP contribution < -0.4 is 5.32 Å². The van der Waals surface area contributed by atoms with Crippen LogP contribution in [0.5, 0.6) is 0 Å². The Morgan fingerprint density at radius 3 is 2.35 bits per heavy atom. The van der Waals surface area contributed by atoms with Crippen LogP contribution in [0.25, 0.3) is 0 Å². The van der Waals surface area contributed by atoms with Crippen molar-refractivity contribution < 1.29 is 9.90 Å². The molecule has 0 saturated carbocycles. The van der Waals surface area contributed by atoms with E-state index in [9.17, 15) is 9.90 Å². The first-order valence-corrected chi connectivity index (χ1v) is 6.01. The number of carbonyl (C=O) groups is 1. The molecule has 1 aromatic rings. The van der Waals surface area contributed by atoms with E-state index in [4.69, 9.17) is 0 Å². The second-order valence-electron chi connectivity index (χ2n) is 4.52. The van der Waals surface area contributed by atoms with Crippen molar-refractivity contribution in [2.24, 2.45) is 0 Å². The molecule has 3 heteroatoms. The summed E-state index contributed by atoms with van der Waals surface area (Å²) in [5, 5.41) is 12.3. The summed E-state index contributed by atoms with van der Waals surface area (Å²) in [6.07, 6.45) is 0.924. The Morgan fingerprint density at radius 1 is 1.24 bits per heavy atom. The van der Waals surface area contributed by atoms with Crippen molar-refractivity contribution in [3.63, 3.8) is 0 Å². The van der Waals surface area contributed by atoms with Gasteiger partial charge in [0.15, 0.2) is 0 Å². The zero-order valence-electron chi connectivity index (χ0n) is 11.0. The van der Waals surface area contributed by atoms with Crippen molar-refractivity contribution in [1.29, 1.82) is 0 Å². The summed E-state index contributed by atoms with van der Waals surface area (Å²) in [5.41, 5.74) is 4.24. The van der Waals surface area contributed by atoms with Crippen LogP contribution >= 0.6 is 0 Å². The number of nitrogens with one attached hydrogen (secondary N) is 1. The SMILES string of the molecule is CCCNC(C(=O)O)c1cc(C)c(C)cc1C. The molecule has 0 radical (unpaired) electrons. The molecule has 0 aromatic heterocycles. The van der Waals surface area contributed by atoms with Crippen LogP contribution in [0, 0.1) is 20.8 Å². The highest BCUT2D eigenvalue weighted by Gasteiger charge is 2.21. The smallest absolute Gasteiger partial charge is 0.325 e. The van der Waals surface area contributed by atoms with Gasteiger partial charge < -0.3 is 10.4 Å². The minimum absolute atomic E-state index is 0.603. The number of hydrogen-bond acceptors (Lipinski definition) is 2. The van der Waals surface area contributed by atoms with Gasteiger partial charge >= 0.3 is 5.97 Å². The van der Waals surface area contributed by atoms with Gasteiger partial charge in [-0.2, -0.15) is 0 Å². The maximum Gasteiger partial charge on any atom is 0.325 e. The van der Waals surface area contributed by atoms with Crippen LogP contribution in [0.15, 0.2) is 12.1 Å². The predicted molar refractivity (Wildman–Crippen MR) is 69.3 cm³/mol. The van der Waals surface area contributed by atoms with E-state index < -0.39 is 12.0 Å². The monoisotopic (exact) mass is 235 g/mol. The number of carboxylic acids is 1. The third kappa shape index (κ3) is 3.30. The molecule has 2 N–H and O–H groups in total. The van der Waals surface area contributed by atoms with Gasteiger partial charge in [-0.3, -0.25) is 4.79 Å². The van der Waals surface area contributed by atoms with Crippen molar-refractivity contribution in [1.82, 2.24) is 5.32 Å². The van der Waals surface area contributed by atoms with Crippen molar-refractivity contribution in [2.75, 3.05) is 6.54 Å². The van der Waals surface area contributed by atoms with Crippen molar-refractivity contribution in [2.45, 2.75) is 40.2 Å². The fourth-order valence-corrected chi connectivity index (χ4v) is 1.91. The lowest BCUT2D eigenvalue weighted by Crippen LogP contribution is -2.29. The third-order valence-corrected chi connectivity index (χ3v) is 3.04. The van der Waals surface area contributed by atoms with Gasteiger partial charge in [0.1, 0.15) is 6.04 Å². The summed E-state index contributed by atoms with van der Waals surface area (Å²) < 4.78 is 0. The molecule has 17 heavy (non-hydrogen) atoms. The lowest BCUT2D eigenvalue weighted by atomic mass is 9.95. The van der Waals surface area contributed by atoms with Gasteiger partial charge in [0, 0.05) is 0 Å². The predicted octanol–water partition coefficient (Wildman–Crippen LogP) is 2.74. The number of aryl methyl sites for hydroxylation is 3. The van der Waals surface area contributed by atoms with E-state index in [-0.39, 0.29) is 0 Å². The Hall–Kier alpha value is -1.35. The molecule has 3 nitrogen and oxygen atoms in total. The second-order valence-corrected chi connectivity index (χ2v) is 4.52. The van der Waals surface area contributed by atoms with Crippen LogP contribution in [0.3, 0.4) is 0 Å². The molecule has 94 valence electrons. The maximum absolute atomic E-state index is 11.3. The Balaban J connectivity index is 3.09. The van der Waals surface area contributed by atoms with Gasteiger partial charge in [0.2, 0.25) is 0 Å². The molecule has 0 aliphatic heterocycles. The van der Waals surface area contributed by atoms with Gasteiger partial charge in [-0.15, -0.1) is 0 Å². The molecule has 0 heterocycles. The maximum atomic E-state index is 11.3. The average Bonchev–Trinajstić information content (AvgIpc) is 2.25. The van der Waals surface area contributed by atoms with Crippen LogP contribution in [0.2, 0.25) is 0 Å². The molecule has 0 spiro atoms. The van der Waals surface area contributed by atoms with E-state index in [2.05, 4.69) is 5.32 Å². The number of benzene rings is 1. The zero-order valence-corrected chi connectivity index (χ0v) is 11.0. The van der Waals surface area contributed by atoms with Crippen molar-refractivity contribution in [3.05, 3.63) is 34.4 Å². The first-order chi connectivity index (χ1) is 7.97. The highest BCUT2D eigenvalue weighted by Crippen LogP contribution is 2.22. The second kappa shape index (κ2) is 5.82. The number of rotatable bonds is 5. The Morgan fingerprint density at radius 2 is 1.82 bits per heavy atom. The Labute approximate surface area is 103 Å². The molecule has 0 fully saturated rings. The molecule has 1 rings (SSSR count). The van der Waals surface area contributed by atoms with Crippen LogP contribution in [0.1, 0.15) is 41.6 Å². The fourth-order valence-electron chi connectivity index (χ4n) is 1.91. The summed E-state index contributed by atoms with van der Waals surface area (Å²) >= 11 is 0. The molecule has 1 unspecified atom stereocenters. The van der Waals surface area contributed by atoms with E-state index in [0.717, 1.165) is 23.1 Å². The molecule has 0 saturated heterocycles. The fraction of sp³-hybridized carbons (Fsp3) is 0.500. The molecule has 1 aromatic carbocycles. The average molecular weight is 235 g/mol. The highest BCUT2D eigenvalue weighted by molar-refractivity contribution is 5.76. The van der Waals surface area contributed by atoms with Gasteiger partial charge in [-0.05, 0) is 56.0 Å². The molecular formula is C14H21NO2. The normalized spacial score (nSPS) is 12.5. The topological polar surface area (TPSA) is 49.3 Å². The number of carboxylic acid groups (broad SMARTS) is 1. The lowest BCUT2D eigenvalue weighted by Gasteiger charge is -2.18. The van der Waals surface area contributed by atoms with E-state index in [1.54, 1.807) is 0 Å². The first-order valence-electron chi connectivity index (χ1n) is 6.01. The minimum atomic E-state index is -0.815. The summed E-state index contributed by atoms with van der Waals surface area (Å²) in [5.74, 6) is -0.815. The number of hydrogen-bond donors (Lipinski definition) is 2. The van der Waals surface area contributed by atoms with Crippen molar-refractivity contribution >= 4 is 5.97 Å². The van der Waals surface area contributed by atoms with Gasteiger partial charge in [-0.25, -0.2) is 0 Å². The molecule has 0 aliphatic carbocycles. The molecule has 0 bridgehead atoms. The Kier molecular flexibility index (Phi) is 4.70. The van der Waals surface area contributed by atoms with Gasteiger partial charge in [-0.1, -0.05) is 19.1 Å². The zero-order chi connectivity index (χ0) is 13.0. The lowest BCUT2D eigenvalue weighted by molar-refractivity contribution is -0.139. The molecule has 0 amide bonds. The summed E-state index contributed by atoms with van der Waals surface area (Å²) in [6.45, 7) is 8.76. The Bertz CT molecular complexity index is 413. The molecule has 0 aliphatic rings. The summed E-state index contributed by atoms with van der Waals surface area (Å²) in [6, 6.07) is 3.43. The molecule has 1 atom stereocenters. The van der Waals surface area contributed by atoms with Crippen LogP contribution in [-0.2, 0) is 4.79 Å². The quantitative estimate of drug-likeness (QED) is 0.825. The highest BCUT2D eigenvalue weighted by atomic mass is 16.4. The van der Waals surface area contributed by atoms with E-state index in [1.165, 1.54) is 5.56 Å². The van der Waals surface area contributed by atoms with Crippen LogP contribution in [-0.4, -0.2) is 17.6 Å². The summed E-state index contributed by atoms with van der Waals surface area (Å²) in [7, 11) is 0. The van der Waals surface area contributed by atoms with Crippen molar-refractivity contribution in [3.8, 4) is 0 Å². The summed E-state index contributed by atoms with van der Waals surface area (Å²) in [4.78, 5) is 11.3. The number of aliphatic carboxylic acids is 1. The van der Waals surface area contributed by atoms with Crippen LogP contribution in [0.4, 0.5) is 0 Å². The standard InChI is InChI=1S/C14H21NO2/c1-5-6-15-13(14(16)17)12-8-10(3)9(2)7-11(12)4/h7-8,13,15H,5-6H2,1-4H3,(H,16,17). The van der Waals surface area contributed by atoms with E-state index in [1.807, 2.05) is 39.8 Å². The largest absolute Gasteiger partial charge is 0.480 e. The molecular weight excluding hydrogens is 214 g/mol. The van der Waals surface area contributed by atoms with Gasteiger partial charge in [0.05, 0.1) is 0 Å². The van der Waals surface area contributed by atoms with Gasteiger partial charge in [0.25, 0.3) is 0 Å². The first kappa shape index (κ1) is 13.7. The van der Waals surface area contributed by atoms with E-state index >= 15 is 0 Å². The van der Waals surface area contributed by atoms with E-state index in [0.29, 0.717) is 6.54 Å².